The third kappa shape index (κ3) is 2.63. The van der Waals surface area contributed by atoms with Gasteiger partial charge in [0.05, 0.1) is 27.9 Å². The van der Waals surface area contributed by atoms with Crippen LogP contribution in [-0.4, -0.2) is 19.5 Å². The van der Waals surface area contributed by atoms with E-state index in [4.69, 9.17) is 4.98 Å². The van der Waals surface area contributed by atoms with E-state index in [1.165, 1.54) is 17.8 Å². The lowest BCUT2D eigenvalue weighted by molar-refractivity contribution is -0.383. The summed E-state index contributed by atoms with van der Waals surface area (Å²) < 4.78 is 2.05. The van der Waals surface area contributed by atoms with Crippen LogP contribution >= 0.6 is 0 Å². The largest absolute Gasteiger partial charge is 0.377 e. The van der Waals surface area contributed by atoms with Crippen LogP contribution in [0.1, 0.15) is 11.4 Å². The van der Waals surface area contributed by atoms with Crippen LogP contribution in [0.2, 0.25) is 0 Å². The second kappa shape index (κ2) is 6.11. The number of hydrogen-bond donors (Lipinski definition) is 1. The summed E-state index contributed by atoms with van der Waals surface area (Å²) in [6, 6.07) is 11.2. The summed E-state index contributed by atoms with van der Waals surface area (Å²) in [5.74, 6) is 0.895. The number of imidazole rings is 1. The number of nitro groups is 1. The number of hydrogen-bond acceptors (Lipinski definition) is 5. The molecule has 2 heterocycles. The summed E-state index contributed by atoms with van der Waals surface area (Å²) in [6.45, 7) is 2.56. The predicted octanol–water partition coefficient (Wildman–Crippen LogP) is 3.95. The van der Waals surface area contributed by atoms with Crippen LogP contribution in [0.4, 0.5) is 11.4 Å². The highest BCUT2D eigenvalue weighted by Crippen LogP contribution is 2.31. The Balaban J connectivity index is 1.70. The summed E-state index contributed by atoms with van der Waals surface area (Å²) in [6.07, 6.45) is 3.16. The van der Waals surface area contributed by atoms with Gasteiger partial charge in [-0.25, -0.2) is 4.98 Å². The van der Waals surface area contributed by atoms with Gasteiger partial charge in [-0.2, -0.15) is 0 Å². The van der Waals surface area contributed by atoms with E-state index < -0.39 is 0 Å². The molecule has 0 unspecified atom stereocenters. The number of nitrogens with one attached hydrogen (secondary N) is 1. The number of aromatic nitrogens is 3. The maximum absolute atomic E-state index is 11.2. The molecule has 4 rings (SSSR count). The fourth-order valence-corrected chi connectivity index (χ4v) is 3.18. The SMILES string of the molecule is Cc1ccc2c(c1)nc(CNc1ccc([N+](=O)[O-])c3cnccc13)n2C. The fraction of sp³-hybridized carbons (Fsp3) is 0.158. The third-order valence-electron chi connectivity index (χ3n) is 4.56. The van der Waals surface area contributed by atoms with Crippen LogP contribution in [0, 0.1) is 17.0 Å². The monoisotopic (exact) mass is 347 g/mol. The van der Waals surface area contributed by atoms with Crippen LogP contribution in [0.3, 0.4) is 0 Å². The van der Waals surface area contributed by atoms with Crippen molar-refractivity contribution < 1.29 is 4.92 Å². The van der Waals surface area contributed by atoms with Crippen molar-refractivity contribution in [2.45, 2.75) is 13.5 Å². The molecule has 0 aliphatic rings. The second-order valence-corrected chi connectivity index (χ2v) is 6.24. The summed E-state index contributed by atoms with van der Waals surface area (Å²) in [5.41, 5.74) is 4.07. The first-order chi connectivity index (χ1) is 12.5. The number of aryl methyl sites for hydroxylation is 2. The Morgan fingerprint density at radius 2 is 2.04 bits per heavy atom. The number of benzene rings is 2. The molecule has 4 aromatic rings. The van der Waals surface area contributed by atoms with E-state index in [1.807, 2.05) is 14.0 Å². The zero-order chi connectivity index (χ0) is 18.3. The van der Waals surface area contributed by atoms with Gasteiger partial charge in [-0.05, 0) is 36.8 Å². The topological polar surface area (TPSA) is 85.9 Å². The summed E-state index contributed by atoms with van der Waals surface area (Å²) >= 11 is 0. The zero-order valence-corrected chi connectivity index (χ0v) is 14.4. The van der Waals surface area contributed by atoms with E-state index >= 15 is 0 Å². The van der Waals surface area contributed by atoms with Crippen molar-refractivity contribution in [2.24, 2.45) is 7.05 Å². The Morgan fingerprint density at radius 1 is 1.19 bits per heavy atom. The zero-order valence-electron chi connectivity index (χ0n) is 14.4. The molecule has 130 valence electrons. The smallest absolute Gasteiger partial charge is 0.278 e. The minimum atomic E-state index is -0.387. The fourth-order valence-electron chi connectivity index (χ4n) is 3.18. The first-order valence-corrected chi connectivity index (χ1v) is 8.21. The van der Waals surface area contributed by atoms with Gasteiger partial charge in [-0.1, -0.05) is 6.07 Å². The van der Waals surface area contributed by atoms with Crippen molar-refractivity contribution in [3.63, 3.8) is 0 Å². The molecule has 0 saturated heterocycles. The molecular formula is C19H17N5O2. The van der Waals surface area contributed by atoms with Crippen LogP contribution in [0.25, 0.3) is 21.8 Å². The van der Waals surface area contributed by atoms with Crippen molar-refractivity contribution in [1.82, 2.24) is 14.5 Å². The van der Waals surface area contributed by atoms with Gasteiger partial charge in [0, 0.05) is 36.6 Å². The first kappa shape index (κ1) is 16.0. The van der Waals surface area contributed by atoms with E-state index in [1.54, 1.807) is 18.3 Å². The Kier molecular flexibility index (Phi) is 3.76. The number of nitro benzene ring substituents is 1. The number of pyridine rings is 1. The first-order valence-electron chi connectivity index (χ1n) is 8.21. The van der Waals surface area contributed by atoms with Gasteiger partial charge in [0.2, 0.25) is 0 Å². The van der Waals surface area contributed by atoms with Gasteiger partial charge >= 0.3 is 0 Å². The Morgan fingerprint density at radius 3 is 2.85 bits per heavy atom. The lowest BCUT2D eigenvalue weighted by Gasteiger charge is -2.10. The Bertz CT molecular complexity index is 1150. The van der Waals surface area contributed by atoms with E-state index in [-0.39, 0.29) is 10.6 Å². The van der Waals surface area contributed by atoms with Crippen molar-refractivity contribution in [3.05, 3.63) is 70.3 Å². The second-order valence-electron chi connectivity index (χ2n) is 6.24. The van der Waals surface area contributed by atoms with Gasteiger partial charge < -0.3 is 9.88 Å². The molecule has 0 radical (unpaired) electrons. The summed E-state index contributed by atoms with van der Waals surface area (Å²) in [7, 11) is 1.99. The molecule has 7 nitrogen and oxygen atoms in total. The molecule has 2 aromatic heterocycles. The van der Waals surface area contributed by atoms with E-state index in [0.717, 1.165) is 27.9 Å². The average molecular weight is 347 g/mol. The molecule has 0 aliphatic carbocycles. The van der Waals surface area contributed by atoms with Crippen LogP contribution in [-0.2, 0) is 13.6 Å². The molecule has 0 spiro atoms. The van der Waals surface area contributed by atoms with Gasteiger partial charge in [0.15, 0.2) is 0 Å². The van der Waals surface area contributed by atoms with E-state index in [2.05, 4.69) is 33.1 Å². The quantitative estimate of drug-likeness (QED) is 0.446. The molecule has 0 fully saturated rings. The van der Waals surface area contributed by atoms with Gasteiger partial charge in [-0.3, -0.25) is 15.1 Å². The number of nitrogens with zero attached hydrogens (tertiary/aromatic N) is 4. The van der Waals surface area contributed by atoms with Crippen molar-refractivity contribution in [1.29, 1.82) is 0 Å². The predicted molar refractivity (Wildman–Crippen MR) is 101 cm³/mol. The number of non-ortho nitro benzene ring substituents is 1. The Labute approximate surface area is 149 Å². The molecule has 0 aliphatic heterocycles. The van der Waals surface area contributed by atoms with Crippen molar-refractivity contribution >= 4 is 33.2 Å². The highest BCUT2D eigenvalue weighted by atomic mass is 16.6. The molecule has 2 aromatic carbocycles. The normalized spacial score (nSPS) is 11.2. The van der Waals surface area contributed by atoms with Crippen LogP contribution in [0.5, 0.6) is 0 Å². The molecule has 26 heavy (non-hydrogen) atoms. The molecule has 1 N–H and O–H groups in total. The highest BCUT2D eigenvalue weighted by molar-refractivity contribution is 5.99. The van der Waals surface area contributed by atoms with Gasteiger partial charge in [0.1, 0.15) is 5.82 Å². The lowest BCUT2D eigenvalue weighted by Crippen LogP contribution is -2.06. The lowest BCUT2D eigenvalue weighted by atomic mass is 10.1. The number of anilines is 1. The molecule has 0 atom stereocenters. The molecule has 0 saturated carbocycles. The number of rotatable bonds is 4. The van der Waals surface area contributed by atoms with Crippen molar-refractivity contribution in [2.75, 3.05) is 5.32 Å². The minimum absolute atomic E-state index is 0.0526. The Hall–Kier alpha value is -3.48. The summed E-state index contributed by atoms with van der Waals surface area (Å²) in [5, 5.41) is 15.9. The molecule has 0 amide bonds. The summed E-state index contributed by atoms with van der Waals surface area (Å²) in [4.78, 5) is 19.5. The van der Waals surface area contributed by atoms with Gasteiger partial charge in [-0.15, -0.1) is 0 Å². The van der Waals surface area contributed by atoms with Crippen LogP contribution < -0.4 is 5.32 Å². The highest BCUT2D eigenvalue weighted by Gasteiger charge is 2.15. The standard InChI is InChI=1S/C19H17N5O2/c1-12-3-5-18-16(9-12)22-19(23(18)2)11-21-15-4-6-17(24(25)26)14-10-20-8-7-13(14)15/h3-10,21H,11H2,1-2H3. The van der Waals surface area contributed by atoms with Gasteiger partial charge in [0.25, 0.3) is 5.69 Å². The minimum Gasteiger partial charge on any atom is -0.377 e. The number of fused-ring (bicyclic) bond motifs is 2. The molecule has 0 bridgehead atoms. The maximum Gasteiger partial charge on any atom is 0.278 e. The van der Waals surface area contributed by atoms with Crippen molar-refractivity contribution in [3.8, 4) is 0 Å². The molecular weight excluding hydrogens is 330 g/mol. The van der Waals surface area contributed by atoms with E-state index in [9.17, 15) is 10.1 Å². The van der Waals surface area contributed by atoms with Crippen LogP contribution in [0.15, 0.2) is 48.8 Å². The maximum atomic E-state index is 11.2. The molecule has 7 heteroatoms. The third-order valence-corrected chi connectivity index (χ3v) is 4.56. The average Bonchev–Trinajstić information content (AvgIpc) is 2.94. The van der Waals surface area contributed by atoms with E-state index in [0.29, 0.717) is 11.9 Å².